The second-order valence-corrected chi connectivity index (χ2v) is 6.71. The molecular formula is C23H18F2N2O. The molecule has 1 unspecified atom stereocenters. The molecule has 0 radical (unpaired) electrons. The molecule has 4 rings (SSSR count). The zero-order chi connectivity index (χ0) is 19.7. The van der Waals surface area contributed by atoms with Crippen LogP contribution in [-0.2, 0) is 4.79 Å². The molecule has 1 heterocycles. The molecule has 0 aliphatic carbocycles. The van der Waals surface area contributed by atoms with Gasteiger partial charge in [0.1, 0.15) is 11.6 Å². The summed E-state index contributed by atoms with van der Waals surface area (Å²) >= 11 is 0. The first kappa shape index (κ1) is 18.0. The fourth-order valence-corrected chi connectivity index (χ4v) is 3.56. The van der Waals surface area contributed by atoms with E-state index < -0.39 is 0 Å². The van der Waals surface area contributed by atoms with E-state index >= 15 is 0 Å². The maximum absolute atomic E-state index is 13.5. The average Bonchev–Trinajstić information content (AvgIpc) is 2.86. The molecule has 3 aromatic rings. The summed E-state index contributed by atoms with van der Waals surface area (Å²) in [5.41, 5.74) is 3.70. The van der Waals surface area contributed by atoms with Crippen molar-refractivity contribution in [1.82, 2.24) is 0 Å². The fraction of sp³-hybridized carbons (Fsp3) is 0.130. The molecule has 0 N–H and O–H groups in total. The number of halogens is 2. The number of carbonyl (C=O) groups is 1. The zero-order valence-electron chi connectivity index (χ0n) is 15.3. The van der Waals surface area contributed by atoms with Crippen molar-refractivity contribution in [2.24, 2.45) is 4.99 Å². The van der Waals surface area contributed by atoms with E-state index in [1.807, 2.05) is 24.3 Å². The molecule has 5 heteroatoms. The minimum atomic E-state index is -0.356. The molecule has 140 valence electrons. The highest BCUT2D eigenvalue weighted by Gasteiger charge is 2.30. The fourth-order valence-electron chi connectivity index (χ4n) is 3.56. The minimum Gasteiger partial charge on any atom is -0.303 e. The van der Waals surface area contributed by atoms with Gasteiger partial charge in [0, 0.05) is 13.3 Å². The summed E-state index contributed by atoms with van der Waals surface area (Å²) in [6.45, 7) is 1.51. The topological polar surface area (TPSA) is 32.7 Å². The summed E-state index contributed by atoms with van der Waals surface area (Å²) in [6.07, 6.45) is 0.422. The Morgan fingerprint density at radius 2 is 1.54 bits per heavy atom. The van der Waals surface area contributed by atoms with Crippen molar-refractivity contribution in [3.05, 3.63) is 95.6 Å². The number of para-hydroxylation sites is 2. The summed E-state index contributed by atoms with van der Waals surface area (Å²) in [6, 6.07) is 19.4. The molecule has 1 atom stereocenters. The molecule has 0 spiro atoms. The van der Waals surface area contributed by atoms with Crippen molar-refractivity contribution in [2.45, 2.75) is 19.4 Å². The molecule has 0 aromatic heterocycles. The van der Waals surface area contributed by atoms with Crippen LogP contribution in [0.5, 0.6) is 0 Å². The van der Waals surface area contributed by atoms with Gasteiger partial charge in [-0.2, -0.15) is 0 Å². The third kappa shape index (κ3) is 3.43. The Bertz CT molecular complexity index is 1040. The Hall–Kier alpha value is -3.34. The van der Waals surface area contributed by atoms with Crippen molar-refractivity contribution in [3.63, 3.8) is 0 Å². The molecule has 3 aromatic carbocycles. The Morgan fingerprint density at radius 3 is 2.18 bits per heavy atom. The van der Waals surface area contributed by atoms with Gasteiger partial charge in [0.15, 0.2) is 0 Å². The van der Waals surface area contributed by atoms with Crippen LogP contribution in [0.15, 0.2) is 77.8 Å². The molecule has 1 aliphatic heterocycles. The number of carbonyl (C=O) groups excluding carboxylic acids is 1. The first-order chi connectivity index (χ1) is 13.5. The molecule has 3 nitrogen and oxygen atoms in total. The van der Waals surface area contributed by atoms with Gasteiger partial charge in [0.05, 0.1) is 23.1 Å². The Kier molecular flexibility index (Phi) is 4.74. The van der Waals surface area contributed by atoms with Gasteiger partial charge < -0.3 is 4.90 Å². The predicted molar refractivity (Wildman–Crippen MR) is 106 cm³/mol. The van der Waals surface area contributed by atoms with Crippen molar-refractivity contribution < 1.29 is 13.6 Å². The Balaban J connectivity index is 1.89. The smallest absolute Gasteiger partial charge is 0.224 e. The van der Waals surface area contributed by atoms with Gasteiger partial charge in [-0.05, 0) is 47.5 Å². The van der Waals surface area contributed by atoms with Gasteiger partial charge in [-0.15, -0.1) is 0 Å². The lowest BCUT2D eigenvalue weighted by atomic mass is 9.96. The van der Waals surface area contributed by atoms with Crippen LogP contribution in [0.4, 0.5) is 20.2 Å². The summed E-state index contributed by atoms with van der Waals surface area (Å²) in [7, 11) is 0. The third-order valence-electron chi connectivity index (χ3n) is 4.87. The summed E-state index contributed by atoms with van der Waals surface area (Å²) in [5, 5.41) is 0. The molecule has 28 heavy (non-hydrogen) atoms. The summed E-state index contributed by atoms with van der Waals surface area (Å²) in [5.74, 6) is -0.782. The highest BCUT2D eigenvalue weighted by Crippen LogP contribution is 2.40. The Labute approximate surface area is 162 Å². The van der Waals surface area contributed by atoms with Crippen molar-refractivity contribution in [2.75, 3.05) is 4.90 Å². The van der Waals surface area contributed by atoms with Crippen LogP contribution in [0.2, 0.25) is 0 Å². The van der Waals surface area contributed by atoms with E-state index in [9.17, 15) is 13.6 Å². The normalized spacial score (nSPS) is 16.2. The van der Waals surface area contributed by atoms with Crippen LogP contribution in [0.1, 0.15) is 30.5 Å². The molecule has 0 bridgehead atoms. The number of hydrogen-bond donors (Lipinski definition) is 0. The molecule has 0 fully saturated rings. The third-order valence-corrected chi connectivity index (χ3v) is 4.87. The van der Waals surface area contributed by atoms with Crippen LogP contribution in [-0.4, -0.2) is 11.6 Å². The lowest BCUT2D eigenvalue weighted by molar-refractivity contribution is -0.117. The van der Waals surface area contributed by atoms with Gasteiger partial charge in [-0.3, -0.25) is 9.79 Å². The van der Waals surface area contributed by atoms with Gasteiger partial charge >= 0.3 is 0 Å². The highest BCUT2D eigenvalue weighted by atomic mass is 19.1. The van der Waals surface area contributed by atoms with Gasteiger partial charge in [0.2, 0.25) is 5.91 Å². The van der Waals surface area contributed by atoms with E-state index in [1.165, 1.54) is 31.2 Å². The molecule has 0 saturated heterocycles. The lowest BCUT2D eigenvalue weighted by Gasteiger charge is -2.30. The van der Waals surface area contributed by atoms with Crippen LogP contribution >= 0.6 is 0 Å². The van der Waals surface area contributed by atoms with Crippen molar-refractivity contribution in [3.8, 4) is 0 Å². The monoisotopic (exact) mass is 376 g/mol. The number of aliphatic imine (C=N–C) groups is 1. The number of amides is 1. The second-order valence-electron chi connectivity index (χ2n) is 6.71. The molecule has 1 amide bonds. The summed E-state index contributed by atoms with van der Waals surface area (Å²) < 4.78 is 26.9. The average molecular weight is 376 g/mol. The number of rotatable bonds is 2. The maximum atomic E-state index is 13.5. The SMILES string of the molecule is CC(=O)N1c2ccccc2N=C(c2ccc(F)cc2)CC1c1ccc(F)cc1. The number of nitrogens with zero attached hydrogens (tertiary/aromatic N) is 2. The highest BCUT2D eigenvalue weighted by molar-refractivity contribution is 6.07. The van der Waals surface area contributed by atoms with E-state index in [1.54, 1.807) is 29.2 Å². The Morgan fingerprint density at radius 1 is 0.929 bits per heavy atom. The minimum absolute atomic E-state index is 0.127. The van der Waals surface area contributed by atoms with E-state index in [2.05, 4.69) is 0 Å². The predicted octanol–water partition coefficient (Wildman–Crippen LogP) is 5.58. The molecule has 1 aliphatic rings. The number of benzene rings is 3. The van der Waals surface area contributed by atoms with Gasteiger partial charge in [-0.25, -0.2) is 8.78 Å². The van der Waals surface area contributed by atoms with Gasteiger partial charge in [-0.1, -0.05) is 36.4 Å². The molecular weight excluding hydrogens is 358 g/mol. The van der Waals surface area contributed by atoms with E-state index in [0.29, 0.717) is 17.8 Å². The van der Waals surface area contributed by atoms with Gasteiger partial charge in [0.25, 0.3) is 0 Å². The zero-order valence-corrected chi connectivity index (χ0v) is 15.3. The van der Waals surface area contributed by atoms with Crippen molar-refractivity contribution in [1.29, 1.82) is 0 Å². The largest absolute Gasteiger partial charge is 0.303 e. The standard InChI is InChI=1S/C23H18F2N2O/c1-15(28)27-22-5-3-2-4-20(22)26-21(16-6-10-18(24)11-7-16)14-23(27)17-8-12-19(25)13-9-17/h2-13,23H,14H2,1H3. The van der Waals surface area contributed by atoms with Crippen molar-refractivity contribution >= 4 is 23.0 Å². The second kappa shape index (κ2) is 7.35. The van der Waals surface area contributed by atoms with Crippen LogP contribution in [0, 0.1) is 11.6 Å². The first-order valence-corrected chi connectivity index (χ1v) is 9.01. The quantitative estimate of drug-likeness (QED) is 0.574. The van der Waals surface area contributed by atoms with Crippen LogP contribution in [0.3, 0.4) is 0 Å². The van der Waals surface area contributed by atoms with E-state index in [4.69, 9.17) is 4.99 Å². The van der Waals surface area contributed by atoms with E-state index in [0.717, 1.165) is 16.8 Å². The first-order valence-electron chi connectivity index (χ1n) is 9.01. The van der Waals surface area contributed by atoms with Crippen LogP contribution < -0.4 is 4.90 Å². The number of anilines is 1. The van der Waals surface area contributed by atoms with E-state index in [-0.39, 0.29) is 23.6 Å². The van der Waals surface area contributed by atoms with Crippen LogP contribution in [0.25, 0.3) is 0 Å². The number of hydrogen-bond acceptors (Lipinski definition) is 2. The summed E-state index contributed by atoms with van der Waals surface area (Å²) in [4.78, 5) is 19.1. The number of fused-ring (bicyclic) bond motifs is 1. The lowest BCUT2D eigenvalue weighted by Crippen LogP contribution is -2.33. The molecule has 0 saturated carbocycles. The maximum Gasteiger partial charge on any atom is 0.224 e.